The third-order valence-electron chi connectivity index (χ3n) is 6.48. The number of hydrogen-bond acceptors (Lipinski definition) is 6. The van der Waals surface area contributed by atoms with Crippen molar-refractivity contribution in [1.29, 1.82) is 0 Å². The minimum atomic E-state index is -0.0540. The van der Waals surface area contributed by atoms with Gasteiger partial charge in [0, 0.05) is 42.9 Å². The molecule has 9 nitrogen and oxygen atoms in total. The molecule has 176 valence electrons. The van der Waals surface area contributed by atoms with E-state index in [4.69, 9.17) is 9.97 Å². The first kappa shape index (κ1) is 21.3. The molecule has 6 heterocycles. The van der Waals surface area contributed by atoms with Gasteiger partial charge in [-0.1, -0.05) is 6.92 Å². The van der Waals surface area contributed by atoms with Crippen molar-refractivity contribution in [2.24, 2.45) is 0 Å². The maximum Gasteiger partial charge on any atom is 0.224 e. The Labute approximate surface area is 202 Å². The summed E-state index contributed by atoms with van der Waals surface area (Å²) < 4.78 is 0. The molecule has 0 spiro atoms. The summed E-state index contributed by atoms with van der Waals surface area (Å²) in [6, 6.07) is 9.90. The third kappa shape index (κ3) is 3.99. The number of aromatic amines is 2. The number of anilines is 2. The summed E-state index contributed by atoms with van der Waals surface area (Å²) in [4.78, 5) is 31.6. The Morgan fingerprint density at radius 2 is 1.97 bits per heavy atom. The number of nitrogens with zero attached hydrogens (tertiary/aromatic N) is 5. The van der Waals surface area contributed by atoms with Gasteiger partial charge in [0.25, 0.3) is 0 Å². The van der Waals surface area contributed by atoms with Gasteiger partial charge in [0.05, 0.1) is 34.3 Å². The summed E-state index contributed by atoms with van der Waals surface area (Å²) in [5, 5.41) is 11.6. The molecule has 5 aromatic heterocycles. The number of carbonyl (C=O) groups excluding carboxylic acids is 1. The number of pyridine rings is 3. The predicted molar refractivity (Wildman–Crippen MR) is 137 cm³/mol. The molecule has 5 aromatic rings. The van der Waals surface area contributed by atoms with Gasteiger partial charge in [-0.2, -0.15) is 5.10 Å². The van der Waals surface area contributed by atoms with Crippen molar-refractivity contribution >= 4 is 39.3 Å². The Bertz CT molecular complexity index is 1530. The van der Waals surface area contributed by atoms with Crippen molar-refractivity contribution in [3.63, 3.8) is 0 Å². The molecule has 0 unspecified atom stereocenters. The van der Waals surface area contributed by atoms with Gasteiger partial charge in [0.1, 0.15) is 17.0 Å². The molecule has 0 aliphatic carbocycles. The Kier molecular flexibility index (Phi) is 5.36. The minimum Gasteiger partial charge on any atom is -0.356 e. The van der Waals surface area contributed by atoms with E-state index in [2.05, 4.69) is 36.4 Å². The first-order valence-electron chi connectivity index (χ1n) is 12.0. The van der Waals surface area contributed by atoms with Crippen LogP contribution in [0.15, 0.2) is 48.9 Å². The quantitative estimate of drug-likeness (QED) is 0.339. The molecule has 0 atom stereocenters. The second kappa shape index (κ2) is 8.83. The zero-order chi connectivity index (χ0) is 23.8. The average molecular weight is 467 g/mol. The smallest absolute Gasteiger partial charge is 0.224 e. The predicted octanol–water partition coefficient (Wildman–Crippen LogP) is 4.90. The van der Waals surface area contributed by atoms with Crippen LogP contribution in [0.25, 0.3) is 44.6 Å². The van der Waals surface area contributed by atoms with Crippen LogP contribution in [0, 0.1) is 0 Å². The fourth-order valence-electron chi connectivity index (χ4n) is 4.67. The van der Waals surface area contributed by atoms with E-state index in [1.165, 1.54) is 19.3 Å². The molecule has 0 aromatic carbocycles. The van der Waals surface area contributed by atoms with Crippen LogP contribution in [0.3, 0.4) is 0 Å². The molecule has 1 amide bonds. The summed E-state index contributed by atoms with van der Waals surface area (Å²) >= 11 is 0. The van der Waals surface area contributed by atoms with E-state index in [-0.39, 0.29) is 5.91 Å². The van der Waals surface area contributed by atoms with Crippen molar-refractivity contribution in [2.75, 3.05) is 23.3 Å². The van der Waals surface area contributed by atoms with Gasteiger partial charge in [0.2, 0.25) is 5.91 Å². The van der Waals surface area contributed by atoms with Crippen molar-refractivity contribution < 1.29 is 4.79 Å². The second-order valence-corrected chi connectivity index (χ2v) is 8.86. The number of fused-ring (bicyclic) bond motifs is 2. The van der Waals surface area contributed by atoms with Crippen molar-refractivity contribution in [3.05, 3.63) is 48.9 Å². The number of H-pyrrole nitrogens is 2. The number of nitrogens with one attached hydrogen (secondary N) is 3. The van der Waals surface area contributed by atoms with Gasteiger partial charge in [-0.15, -0.1) is 0 Å². The zero-order valence-corrected chi connectivity index (χ0v) is 19.5. The van der Waals surface area contributed by atoms with E-state index < -0.39 is 0 Å². The highest BCUT2D eigenvalue weighted by molar-refractivity contribution is 5.98. The maximum absolute atomic E-state index is 11.8. The van der Waals surface area contributed by atoms with Crippen LogP contribution in [-0.2, 0) is 4.79 Å². The van der Waals surface area contributed by atoms with E-state index in [1.807, 2.05) is 37.4 Å². The fraction of sp³-hybridized carbons (Fsp3) is 0.269. The molecule has 6 rings (SSSR count). The van der Waals surface area contributed by atoms with Crippen LogP contribution < -0.4 is 10.2 Å². The van der Waals surface area contributed by atoms with Gasteiger partial charge in [-0.05, 0) is 49.6 Å². The van der Waals surface area contributed by atoms with Crippen LogP contribution in [0.2, 0.25) is 0 Å². The summed E-state index contributed by atoms with van der Waals surface area (Å²) in [5.41, 5.74) is 6.52. The van der Waals surface area contributed by atoms with E-state index in [0.29, 0.717) is 12.1 Å². The summed E-state index contributed by atoms with van der Waals surface area (Å²) in [7, 11) is 0. The average Bonchev–Trinajstić information content (AvgIpc) is 3.53. The second-order valence-electron chi connectivity index (χ2n) is 8.86. The van der Waals surface area contributed by atoms with Crippen molar-refractivity contribution in [3.8, 4) is 22.6 Å². The zero-order valence-electron chi connectivity index (χ0n) is 19.5. The van der Waals surface area contributed by atoms with E-state index in [9.17, 15) is 4.79 Å². The number of aromatic nitrogens is 6. The number of hydrogen-bond donors (Lipinski definition) is 3. The Balaban J connectivity index is 1.39. The SMILES string of the molecule is CCC(=O)Nc1cncc(-c2ccc3[nH]nc(-c4cc5c(N6CCCCC6)nccc5[nH]4)c3n2)c1. The third-order valence-corrected chi connectivity index (χ3v) is 6.48. The highest BCUT2D eigenvalue weighted by atomic mass is 16.1. The molecule has 9 heteroatoms. The lowest BCUT2D eigenvalue weighted by Gasteiger charge is -2.28. The largest absolute Gasteiger partial charge is 0.356 e. The number of piperidine rings is 1. The van der Waals surface area contributed by atoms with Crippen LogP contribution in [0.1, 0.15) is 32.6 Å². The van der Waals surface area contributed by atoms with E-state index >= 15 is 0 Å². The molecule has 35 heavy (non-hydrogen) atoms. The van der Waals surface area contributed by atoms with E-state index in [1.54, 1.807) is 12.4 Å². The monoisotopic (exact) mass is 466 g/mol. The Morgan fingerprint density at radius 1 is 1.09 bits per heavy atom. The van der Waals surface area contributed by atoms with Crippen LogP contribution in [0.5, 0.6) is 0 Å². The Hall–Kier alpha value is -4.27. The lowest BCUT2D eigenvalue weighted by Crippen LogP contribution is -2.30. The molecule has 0 radical (unpaired) electrons. The summed E-state index contributed by atoms with van der Waals surface area (Å²) in [6.45, 7) is 3.89. The summed E-state index contributed by atoms with van der Waals surface area (Å²) in [6.07, 6.45) is 9.33. The number of carbonyl (C=O) groups is 1. The molecule has 1 aliphatic heterocycles. The number of rotatable bonds is 5. The molecule has 3 N–H and O–H groups in total. The highest BCUT2D eigenvalue weighted by Gasteiger charge is 2.19. The van der Waals surface area contributed by atoms with Gasteiger partial charge in [-0.25, -0.2) is 9.97 Å². The van der Waals surface area contributed by atoms with Crippen molar-refractivity contribution in [1.82, 2.24) is 30.1 Å². The summed E-state index contributed by atoms with van der Waals surface area (Å²) in [5.74, 6) is 0.969. The first-order valence-corrected chi connectivity index (χ1v) is 12.0. The van der Waals surface area contributed by atoms with Gasteiger partial charge in [-0.3, -0.25) is 14.9 Å². The lowest BCUT2D eigenvalue weighted by molar-refractivity contribution is -0.115. The van der Waals surface area contributed by atoms with Gasteiger partial charge >= 0.3 is 0 Å². The normalized spacial score (nSPS) is 14.0. The lowest BCUT2D eigenvalue weighted by atomic mass is 10.1. The van der Waals surface area contributed by atoms with Crippen LogP contribution in [-0.4, -0.2) is 49.1 Å². The van der Waals surface area contributed by atoms with Crippen LogP contribution >= 0.6 is 0 Å². The maximum atomic E-state index is 11.8. The molecular formula is C26H26N8O. The topological polar surface area (TPSA) is 115 Å². The molecule has 1 saturated heterocycles. The van der Waals surface area contributed by atoms with E-state index in [0.717, 1.165) is 63.5 Å². The van der Waals surface area contributed by atoms with Gasteiger partial charge in [0.15, 0.2) is 0 Å². The first-order chi connectivity index (χ1) is 17.2. The fourth-order valence-corrected chi connectivity index (χ4v) is 4.67. The number of amides is 1. The minimum absolute atomic E-state index is 0.0540. The molecule has 0 bridgehead atoms. The molecule has 1 fully saturated rings. The molecule has 1 aliphatic rings. The molecular weight excluding hydrogens is 440 g/mol. The van der Waals surface area contributed by atoms with Crippen LogP contribution in [0.4, 0.5) is 11.5 Å². The van der Waals surface area contributed by atoms with Gasteiger partial charge < -0.3 is 15.2 Å². The van der Waals surface area contributed by atoms with Crippen molar-refractivity contribution in [2.45, 2.75) is 32.6 Å². The standard InChI is InChI=1S/C26H26N8O/c1-2-23(35)29-17-12-16(14-27-15-17)19-6-7-21-24(31-19)25(33-32-21)22-13-18-20(30-22)8-9-28-26(18)34-10-4-3-5-11-34/h6-9,12-15,30H,2-5,10-11H2,1H3,(H,29,35)(H,32,33). The highest BCUT2D eigenvalue weighted by Crippen LogP contribution is 2.33. The Morgan fingerprint density at radius 3 is 2.83 bits per heavy atom. The molecule has 0 saturated carbocycles.